The van der Waals surface area contributed by atoms with Crippen molar-refractivity contribution < 1.29 is 4.79 Å². The van der Waals surface area contributed by atoms with E-state index in [0.717, 1.165) is 17.8 Å². The highest BCUT2D eigenvalue weighted by molar-refractivity contribution is 6.30. The molecule has 1 aromatic carbocycles. The maximum atomic E-state index is 11.7. The minimum atomic E-state index is -0.225. The third kappa shape index (κ3) is 4.03. The molecule has 2 rings (SSSR count). The van der Waals surface area contributed by atoms with Crippen LogP contribution in [0.4, 0.5) is 10.5 Å². The monoisotopic (exact) mass is 291 g/mol. The van der Waals surface area contributed by atoms with Gasteiger partial charge in [-0.1, -0.05) is 17.7 Å². The summed E-state index contributed by atoms with van der Waals surface area (Å²) in [5.74, 6) is 0. The molecule has 1 aromatic heterocycles. The average molecular weight is 292 g/mol. The topological polar surface area (TPSA) is 56.9 Å². The largest absolute Gasteiger partial charge is 0.362 e. The number of benzene rings is 1. The number of hydrogen-bond acceptors (Lipinski definition) is 1. The summed E-state index contributed by atoms with van der Waals surface area (Å²) in [6, 6.07) is 8.95. The van der Waals surface area contributed by atoms with Crippen LogP contribution < -0.4 is 10.6 Å². The molecule has 2 amide bonds. The van der Waals surface area contributed by atoms with E-state index in [0.29, 0.717) is 17.3 Å². The van der Waals surface area contributed by atoms with Gasteiger partial charge in [-0.15, -0.1) is 0 Å². The van der Waals surface area contributed by atoms with Gasteiger partial charge in [0.15, 0.2) is 0 Å². The molecular weight excluding hydrogens is 274 g/mol. The molecule has 1 heterocycles. The molecular formula is C15H18ClN3O. The minimum absolute atomic E-state index is 0.225. The molecule has 0 saturated heterocycles. The molecule has 0 aliphatic carbocycles. The van der Waals surface area contributed by atoms with Gasteiger partial charge in [0, 0.05) is 28.6 Å². The van der Waals surface area contributed by atoms with Crippen LogP contribution in [0.25, 0.3) is 0 Å². The Morgan fingerprint density at radius 2 is 2.10 bits per heavy atom. The summed E-state index contributed by atoms with van der Waals surface area (Å²) in [7, 11) is 0. The second-order valence-corrected chi connectivity index (χ2v) is 5.18. The van der Waals surface area contributed by atoms with Gasteiger partial charge in [0.25, 0.3) is 0 Å². The average Bonchev–Trinajstić information content (AvgIpc) is 2.68. The lowest BCUT2D eigenvalue weighted by atomic mass is 10.2. The number of anilines is 1. The van der Waals surface area contributed by atoms with Crippen LogP contribution in [0, 0.1) is 13.8 Å². The first-order valence-corrected chi connectivity index (χ1v) is 6.88. The summed E-state index contributed by atoms with van der Waals surface area (Å²) in [4.78, 5) is 15.0. The van der Waals surface area contributed by atoms with Gasteiger partial charge >= 0.3 is 6.03 Å². The highest BCUT2D eigenvalue weighted by Crippen LogP contribution is 2.14. The number of carbonyl (C=O) groups excluding carboxylic acids is 1. The molecule has 4 nitrogen and oxygen atoms in total. The maximum Gasteiger partial charge on any atom is 0.319 e. The molecule has 0 saturated carbocycles. The minimum Gasteiger partial charge on any atom is -0.362 e. The van der Waals surface area contributed by atoms with Crippen molar-refractivity contribution in [2.45, 2.75) is 20.3 Å². The van der Waals surface area contributed by atoms with Crippen molar-refractivity contribution in [2.75, 3.05) is 11.9 Å². The van der Waals surface area contributed by atoms with Crippen LogP contribution in [-0.2, 0) is 6.42 Å². The van der Waals surface area contributed by atoms with Crippen molar-refractivity contribution in [3.05, 3.63) is 52.3 Å². The molecule has 5 heteroatoms. The Morgan fingerprint density at radius 3 is 2.75 bits per heavy atom. The summed E-state index contributed by atoms with van der Waals surface area (Å²) in [5.41, 5.74) is 4.20. The smallest absolute Gasteiger partial charge is 0.319 e. The van der Waals surface area contributed by atoms with Crippen LogP contribution in [0.2, 0.25) is 5.02 Å². The first-order valence-electron chi connectivity index (χ1n) is 6.50. The summed E-state index contributed by atoms with van der Waals surface area (Å²) in [6.45, 7) is 4.65. The lowest BCUT2D eigenvalue weighted by Crippen LogP contribution is -2.30. The van der Waals surface area contributed by atoms with Gasteiger partial charge in [0.1, 0.15) is 0 Å². The number of aryl methyl sites for hydroxylation is 2. The van der Waals surface area contributed by atoms with Gasteiger partial charge < -0.3 is 15.6 Å². The number of amides is 2. The molecule has 0 bridgehead atoms. The Labute approximate surface area is 123 Å². The number of aromatic nitrogens is 1. The van der Waals surface area contributed by atoms with Crippen molar-refractivity contribution in [3.63, 3.8) is 0 Å². The quantitative estimate of drug-likeness (QED) is 0.791. The molecule has 20 heavy (non-hydrogen) atoms. The van der Waals surface area contributed by atoms with Gasteiger partial charge in [-0.25, -0.2) is 4.79 Å². The highest BCUT2D eigenvalue weighted by atomic mass is 35.5. The molecule has 0 aliphatic rings. The van der Waals surface area contributed by atoms with Crippen LogP contribution in [0.3, 0.4) is 0 Å². The lowest BCUT2D eigenvalue weighted by molar-refractivity contribution is 0.252. The van der Waals surface area contributed by atoms with Crippen LogP contribution in [0.15, 0.2) is 30.3 Å². The second-order valence-electron chi connectivity index (χ2n) is 4.74. The van der Waals surface area contributed by atoms with E-state index < -0.39 is 0 Å². The SMILES string of the molecule is Cc1cc(CCNC(=O)Nc2cccc(Cl)c2)c(C)[nH]1. The molecule has 106 valence electrons. The molecule has 2 aromatic rings. The number of H-pyrrole nitrogens is 1. The third-order valence-corrected chi connectivity index (χ3v) is 3.25. The maximum absolute atomic E-state index is 11.7. The van der Waals surface area contributed by atoms with Crippen LogP contribution in [-0.4, -0.2) is 17.6 Å². The van der Waals surface area contributed by atoms with E-state index in [9.17, 15) is 4.79 Å². The van der Waals surface area contributed by atoms with Gasteiger partial charge in [0.05, 0.1) is 0 Å². The van der Waals surface area contributed by atoms with Gasteiger partial charge in [-0.3, -0.25) is 0 Å². The van der Waals surface area contributed by atoms with Crippen molar-refractivity contribution in [1.82, 2.24) is 10.3 Å². The van der Waals surface area contributed by atoms with Crippen LogP contribution in [0.5, 0.6) is 0 Å². The van der Waals surface area contributed by atoms with E-state index >= 15 is 0 Å². The Morgan fingerprint density at radius 1 is 1.30 bits per heavy atom. The first kappa shape index (κ1) is 14.5. The van der Waals surface area contributed by atoms with E-state index in [4.69, 9.17) is 11.6 Å². The Hall–Kier alpha value is -1.94. The molecule has 0 atom stereocenters. The Balaban J connectivity index is 1.79. The van der Waals surface area contributed by atoms with Gasteiger partial charge in [-0.05, 0) is 50.1 Å². The van der Waals surface area contributed by atoms with E-state index in [2.05, 4.69) is 21.7 Å². The zero-order valence-electron chi connectivity index (χ0n) is 11.6. The van der Waals surface area contributed by atoms with Gasteiger partial charge in [0.2, 0.25) is 0 Å². The summed E-state index contributed by atoms with van der Waals surface area (Å²) < 4.78 is 0. The number of rotatable bonds is 4. The summed E-state index contributed by atoms with van der Waals surface area (Å²) in [5, 5.41) is 6.17. The lowest BCUT2D eigenvalue weighted by Gasteiger charge is -2.07. The predicted molar refractivity (Wildman–Crippen MR) is 82.4 cm³/mol. The number of urea groups is 1. The number of carbonyl (C=O) groups is 1. The van der Waals surface area contributed by atoms with Crippen LogP contribution >= 0.6 is 11.6 Å². The molecule has 0 unspecified atom stereocenters. The fourth-order valence-corrected chi connectivity index (χ4v) is 2.28. The zero-order chi connectivity index (χ0) is 14.5. The fraction of sp³-hybridized carbons (Fsp3) is 0.267. The van der Waals surface area contributed by atoms with E-state index in [-0.39, 0.29) is 6.03 Å². The zero-order valence-corrected chi connectivity index (χ0v) is 12.3. The molecule has 0 fully saturated rings. The Bertz CT molecular complexity index is 607. The highest BCUT2D eigenvalue weighted by Gasteiger charge is 2.04. The molecule has 3 N–H and O–H groups in total. The predicted octanol–water partition coefficient (Wildman–Crippen LogP) is 3.65. The number of hydrogen-bond donors (Lipinski definition) is 3. The van der Waals surface area contributed by atoms with E-state index in [1.807, 2.05) is 13.8 Å². The number of nitrogens with one attached hydrogen (secondary N) is 3. The molecule has 0 aliphatic heterocycles. The summed E-state index contributed by atoms with van der Waals surface area (Å²) in [6.07, 6.45) is 0.805. The van der Waals surface area contributed by atoms with Crippen LogP contribution in [0.1, 0.15) is 17.0 Å². The van der Waals surface area contributed by atoms with Crippen molar-refractivity contribution in [1.29, 1.82) is 0 Å². The summed E-state index contributed by atoms with van der Waals surface area (Å²) >= 11 is 5.86. The fourth-order valence-electron chi connectivity index (χ4n) is 2.09. The molecule has 0 spiro atoms. The van der Waals surface area contributed by atoms with E-state index in [1.54, 1.807) is 24.3 Å². The first-order chi connectivity index (χ1) is 9.54. The second kappa shape index (κ2) is 6.48. The Kier molecular flexibility index (Phi) is 4.69. The normalized spacial score (nSPS) is 10.3. The number of halogens is 1. The molecule has 0 radical (unpaired) electrons. The van der Waals surface area contributed by atoms with E-state index in [1.165, 1.54) is 5.56 Å². The van der Waals surface area contributed by atoms with Crippen molar-refractivity contribution in [3.8, 4) is 0 Å². The van der Waals surface area contributed by atoms with Crippen molar-refractivity contribution in [2.24, 2.45) is 0 Å². The van der Waals surface area contributed by atoms with Gasteiger partial charge in [-0.2, -0.15) is 0 Å². The van der Waals surface area contributed by atoms with Crippen molar-refractivity contribution >= 4 is 23.3 Å². The third-order valence-electron chi connectivity index (χ3n) is 3.02. The standard InChI is InChI=1S/C15H18ClN3O/c1-10-8-12(11(2)18-10)6-7-17-15(20)19-14-5-3-4-13(16)9-14/h3-5,8-9,18H,6-7H2,1-2H3,(H2,17,19,20). The number of aromatic amines is 1.